The van der Waals surface area contributed by atoms with Crippen LogP contribution in [0.2, 0.25) is 0 Å². The summed E-state index contributed by atoms with van der Waals surface area (Å²) in [6.45, 7) is 4.19. The molecule has 0 aliphatic rings. The summed E-state index contributed by atoms with van der Waals surface area (Å²) >= 11 is 2.25. The summed E-state index contributed by atoms with van der Waals surface area (Å²) < 4.78 is 6.83. The summed E-state index contributed by atoms with van der Waals surface area (Å²) in [5, 5.41) is 0. The lowest BCUT2D eigenvalue weighted by Crippen LogP contribution is -1.95. The van der Waals surface area contributed by atoms with Crippen LogP contribution in [0, 0.1) is 3.57 Å². The molecule has 0 atom stereocenters. The summed E-state index contributed by atoms with van der Waals surface area (Å²) in [4.78, 5) is 8.32. The summed E-state index contributed by atoms with van der Waals surface area (Å²) in [5.74, 6) is 1.76. The van der Waals surface area contributed by atoms with Gasteiger partial charge in [0.05, 0.1) is 5.69 Å². The largest absolute Gasteiger partial charge is 0.439 e. The van der Waals surface area contributed by atoms with Crippen molar-refractivity contribution in [2.24, 2.45) is 0 Å². The summed E-state index contributed by atoms with van der Waals surface area (Å²) in [5.41, 5.74) is 0.987. The predicted molar refractivity (Wildman–Crippen MR) is 75.4 cm³/mol. The smallest absolute Gasteiger partial charge is 0.222 e. The van der Waals surface area contributed by atoms with Crippen molar-refractivity contribution in [2.45, 2.75) is 19.8 Å². The number of hydrogen-bond acceptors (Lipinski definition) is 3. The first kappa shape index (κ1) is 12.3. The van der Waals surface area contributed by atoms with Crippen LogP contribution < -0.4 is 4.74 Å². The molecule has 1 aromatic carbocycles. The van der Waals surface area contributed by atoms with Crippen molar-refractivity contribution in [2.75, 3.05) is 0 Å². The molecular formula is C13H13IN2O. The van der Waals surface area contributed by atoms with Crippen LogP contribution in [0.5, 0.6) is 11.6 Å². The Labute approximate surface area is 114 Å². The zero-order chi connectivity index (χ0) is 12.3. The number of nitrogens with zero attached hydrogens (tertiary/aromatic N) is 2. The molecule has 1 heterocycles. The van der Waals surface area contributed by atoms with E-state index in [4.69, 9.17) is 4.74 Å². The normalized spacial score (nSPS) is 10.6. The molecule has 2 aromatic rings. The molecular weight excluding hydrogens is 327 g/mol. The van der Waals surface area contributed by atoms with Gasteiger partial charge in [0.1, 0.15) is 12.1 Å². The summed E-state index contributed by atoms with van der Waals surface area (Å²) in [6, 6.07) is 9.75. The average molecular weight is 340 g/mol. The van der Waals surface area contributed by atoms with E-state index in [0.29, 0.717) is 11.8 Å². The highest BCUT2D eigenvalue weighted by Crippen LogP contribution is 2.22. The van der Waals surface area contributed by atoms with Crippen molar-refractivity contribution in [3.8, 4) is 11.6 Å². The highest BCUT2D eigenvalue weighted by molar-refractivity contribution is 14.1. The first-order valence-corrected chi connectivity index (χ1v) is 6.48. The minimum atomic E-state index is 0.372. The first-order valence-electron chi connectivity index (χ1n) is 5.40. The SMILES string of the molecule is CC(C)c1cc(Oc2cccc(I)c2)ncn1. The Kier molecular flexibility index (Phi) is 3.93. The highest BCUT2D eigenvalue weighted by atomic mass is 127. The number of ether oxygens (including phenoxy) is 1. The van der Waals surface area contributed by atoms with Gasteiger partial charge in [-0.15, -0.1) is 0 Å². The second kappa shape index (κ2) is 5.44. The molecule has 0 N–H and O–H groups in total. The van der Waals surface area contributed by atoms with Gasteiger partial charge in [-0.25, -0.2) is 9.97 Å². The lowest BCUT2D eigenvalue weighted by molar-refractivity contribution is 0.459. The van der Waals surface area contributed by atoms with E-state index in [1.54, 1.807) is 6.33 Å². The highest BCUT2D eigenvalue weighted by Gasteiger charge is 2.04. The van der Waals surface area contributed by atoms with E-state index in [1.807, 2.05) is 30.3 Å². The van der Waals surface area contributed by atoms with Crippen LogP contribution in [0.1, 0.15) is 25.5 Å². The molecule has 0 saturated heterocycles. The Bertz CT molecular complexity index is 514. The molecule has 4 heteroatoms. The Hall–Kier alpha value is -1.17. The van der Waals surface area contributed by atoms with Crippen LogP contribution in [0.3, 0.4) is 0 Å². The molecule has 0 unspecified atom stereocenters. The average Bonchev–Trinajstić information content (AvgIpc) is 2.29. The second-order valence-electron chi connectivity index (χ2n) is 4.00. The molecule has 0 bridgehead atoms. The monoisotopic (exact) mass is 340 g/mol. The third kappa shape index (κ3) is 3.39. The van der Waals surface area contributed by atoms with E-state index in [1.165, 1.54) is 0 Å². The minimum Gasteiger partial charge on any atom is -0.439 e. The van der Waals surface area contributed by atoms with Crippen LogP contribution in [-0.2, 0) is 0 Å². The zero-order valence-electron chi connectivity index (χ0n) is 9.72. The van der Waals surface area contributed by atoms with Crippen LogP contribution in [-0.4, -0.2) is 9.97 Å². The fourth-order valence-electron chi connectivity index (χ4n) is 1.38. The van der Waals surface area contributed by atoms with Gasteiger partial charge in [0.25, 0.3) is 0 Å². The standard InChI is InChI=1S/C13H13IN2O/c1-9(2)12-7-13(16-8-15-12)17-11-5-3-4-10(14)6-11/h3-9H,1-2H3. The van der Waals surface area contributed by atoms with Crippen molar-refractivity contribution in [3.05, 3.63) is 45.9 Å². The molecule has 0 radical (unpaired) electrons. The van der Waals surface area contributed by atoms with Gasteiger partial charge in [-0.2, -0.15) is 0 Å². The maximum Gasteiger partial charge on any atom is 0.222 e. The van der Waals surface area contributed by atoms with Crippen molar-refractivity contribution < 1.29 is 4.74 Å². The van der Waals surface area contributed by atoms with Gasteiger partial charge in [-0.05, 0) is 46.7 Å². The predicted octanol–water partition coefficient (Wildman–Crippen LogP) is 4.00. The number of benzene rings is 1. The second-order valence-corrected chi connectivity index (χ2v) is 5.24. The summed E-state index contributed by atoms with van der Waals surface area (Å²) in [6.07, 6.45) is 1.54. The van der Waals surface area contributed by atoms with Gasteiger partial charge in [0.2, 0.25) is 5.88 Å². The molecule has 0 aliphatic heterocycles. The van der Waals surface area contributed by atoms with Crippen molar-refractivity contribution in [1.29, 1.82) is 0 Å². The zero-order valence-corrected chi connectivity index (χ0v) is 11.9. The molecule has 88 valence electrons. The third-order valence-electron chi connectivity index (χ3n) is 2.27. The molecule has 2 rings (SSSR count). The van der Waals surface area contributed by atoms with Crippen molar-refractivity contribution >= 4 is 22.6 Å². The number of halogens is 1. The van der Waals surface area contributed by atoms with E-state index in [-0.39, 0.29) is 0 Å². The Morgan fingerprint density at radius 3 is 2.71 bits per heavy atom. The lowest BCUT2D eigenvalue weighted by atomic mass is 10.1. The van der Waals surface area contributed by atoms with Gasteiger partial charge >= 0.3 is 0 Å². The van der Waals surface area contributed by atoms with Crippen molar-refractivity contribution in [1.82, 2.24) is 9.97 Å². The third-order valence-corrected chi connectivity index (χ3v) is 2.94. The quantitative estimate of drug-likeness (QED) is 0.793. The maximum absolute atomic E-state index is 5.69. The van der Waals surface area contributed by atoms with E-state index in [0.717, 1.165) is 15.0 Å². The van der Waals surface area contributed by atoms with Gasteiger partial charge in [0.15, 0.2) is 0 Å². The van der Waals surface area contributed by atoms with Crippen LogP contribution in [0.4, 0.5) is 0 Å². The molecule has 3 nitrogen and oxygen atoms in total. The van der Waals surface area contributed by atoms with Crippen molar-refractivity contribution in [3.63, 3.8) is 0 Å². The van der Waals surface area contributed by atoms with Gasteiger partial charge in [-0.3, -0.25) is 0 Å². The number of aromatic nitrogens is 2. The fraction of sp³-hybridized carbons (Fsp3) is 0.231. The maximum atomic E-state index is 5.69. The first-order chi connectivity index (χ1) is 8.15. The van der Waals surface area contributed by atoms with Gasteiger partial charge in [0, 0.05) is 9.64 Å². The minimum absolute atomic E-state index is 0.372. The van der Waals surface area contributed by atoms with E-state index in [2.05, 4.69) is 46.4 Å². The molecule has 0 amide bonds. The van der Waals surface area contributed by atoms with Gasteiger partial charge in [-0.1, -0.05) is 19.9 Å². The number of hydrogen-bond donors (Lipinski definition) is 0. The lowest BCUT2D eigenvalue weighted by Gasteiger charge is -2.07. The molecule has 0 fully saturated rings. The topological polar surface area (TPSA) is 35.0 Å². The number of rotatable bonds is 3. The summed E-state index contributed by atoms with van der Waals surface area (Å²) in [7, 11) is 0. The van der Waals surface area contributed by atoms with Crippen LogP contribution in [0.25, 0.3) is 0 Å². The van der Waals surface area contributed by atoms with Gasteiger partial charge < -0.3 is 4.74 Å². The Morgan fingerprint density at radius 1 is 1.18 bits per heavy atom. The Morgan fingerprint density at radius 2 is 2.00 bits per heavy atom. The van der Waals surface area contributed by atoms with E-state index < -0.39 is 0 Å². The molecule has 0 spiro atoms. The van der Waals surface area contributed by atoms with Crippen LogP contribution in [0.15, 0.2) is 36.7 Å². The Balaban J connectivity index is 2.21. The van der Waals surface area contributed by atoms with E-state index >= 15 is 0 Å². The molecule has 1 aromatic heterocycles. The van der Waals surface area contributed by atoms with Crippen LogP contribution >= 0.6 is 22.6 Å². The molecule has 0 aliphatic carbocycles. The fourth-order valence-corrected chi connectivity index (χ4v) is 1.89. The molecule has 0 saturated carbocycles. The van der Waals surface area contributed by atoms with E-state index in [9.17, 15) is 0 Å². The molecule has 17 heavy (non-hydrogen) atoms.